The van der Waals surface area contributed by atoms with Crippen molar-refractivity contribution in [2.75, 3.05) is 19.7 Å². The molecule has 1 aromatic rings. The maximum atomic E-state index is 13.1. The van der Waals surface area contributed by atoms with Crippen LogP contribution in [0.1, 0.15) is 44.0 Å². The zero-order valence-electron chi connectivity index (χ0n) is 15.6. The molecule has 2 amide bonds. The highest BCUT2D eigenvalue weighted by Crippen LogP contribution is 2.49. The molecule has 2 rings (SSSR count). The normalized spacial score (nSPS) is 23.8. The SMILES string of the molecule is CCOC1CC(N)(C(=O)NCCCNC(=O)c2cccc(F)c2)C1(C)C. The van der Waals surface area contributed by atoms with E-state index in [2.05, 4.69) is 10.6 Å². The largest absolute Gasteiger partial charge is 0.378 e. The van der Waals surface area contributed by atoms with Crippen molar-refractivity contribution in [2.45, 2.75) is 45.3 Å². The summed E-state index contributed by atoms with van der Waals surface area (Å²) in [5, 5.41) is 5.53. The number of hydrogen-bond acceptors (Lipinski definition) is 4. The molecule has 0 aromatic heterocycles. The molecule has 0 radical (unpaired) electrons. The van der Waals surface area contributed by atoms with E-state index in [0.717, 1.165) is 0 Å². The number of amides is 2. The lowest BCUT2D eigenvalue weighted by atomic mass is 9.54. The Bertz CT molecular complexity index is 665. The van der Waals surface area contributed by atoms with E-state index in [1.807, 2.05) is 20.8 Å². The second-order valence-electron chi connectivity index (χ2n) is 7.22. The van der Waals surface area contributed by atoms with Crippen molar-refractivity contribution in [2.24, 2.45) is 11.1 Å². The summed E-state index contributed by atoms with van der Waals surface area (Å²) in [6.45, 7) is 7.17. The summed E-state index contributed by atoms with van der Waals surface area (Å²) < 4.78 is 18.7. The maximum Gasteiger partial charge on any atom is 0.251 e. The highest BCUT2D eigenvalue weighted by atomic mass is 19.1. The molecular formula is C19H28FN3O3. The minimum atomic E-state index is -0.947. The van der Waals surface area contributed by atoms with Crippen molar-refractivity contribution in [1.82, 2.24) is 10.6 Å². The molecule has 0 spiro atoms. The Labute approximate surface area is 153 Å². The van der Waals surface area contributed by atoms with E-state index in [1.54, 1.807) is 6.07 Å². The van der Waals surface area contributed by atoms with Gasteiger partial charge in [0.15, 0.2) is 0 Å². The maximum absolute atomic E-state index is 13.1. The molecular weight excluding hydrogens is 337 g/mol. The van der Waals surface area contributed by atoms with Crippen LogP contribution in [0.25, 0.3) is 0 Å². The van der Waals surface area contributed by atoms with Gasteiger partial charge in [0, 0.05) is 37.1 Å². The van der Waals surface area contributed by atoms with E-state index in [0.29, 0.717) is 32.5 Å². The van der Waals surface area contributed by atoms with Gasteiger partial charge in [-0.2, -0.15) is 0 Å². The van der Waals surface area contributed by atoms with Crippen LogP contribution in [0.15, 0.2) is 24.3 Å². The number of halogens is 1. The molecule has 6 nitrogen and oxygen atoms in total. The van der Waals surface area contributed by atoms with E-state index in [-0.39, 0.29) is 23.5 Å². The lowest BCUT2D eigenvalue weighted by Gasteiger charge is -2.57. The van der Waals surface area contributed by atoms with Crippen molar-refractivity contribution >= 4 is 11.8 Å². The van der Waals surface area contributed by atoms with Crippen LogP contribution in [-0.2, 0) is 9.53 Å². The Balaban J connectivity index is 1.71. The smallest absolute Gasteiger partial charge is 0.251 e. The van der Waals surface area contributed by atoms with E-state index in [4.69, 9.17) is 10.5 Å². The molecule has 0 heterocycles. The van der Waals surface area contributed by atoms with Gasteiger partial charge >= 0.3 is 0 Å². The minimum absolute atomic E-state index is 0.0196. The van der Waals surface area contributed by atoms with Gasteiger partial charge in [-0.1, -0.05) is 19.9 Å². The molecule has 144 valence electrons. The van der Waals surface area contributed by atoms with Gasteiger partial charge < -0.3 is 21.1 Å². The molecule has 2 atom stereocenters. The third-order valence-electron chi connectivity index (χ3n) is 5.25. The lowest BCUT2D eigenvalue weighted by molar-refractivity contribution is -0.170. The van der Waals surface area contributed by atoms with E-state index in [1.165, 1.54) is 18.2 Å². The number of rotatable bonds is 8. The lowest BCUT2D eigenvalue weighted by Crippen LogP contribution is -2.75. The first kappa shape index (κ1) is 20.3. The average molecular weight is 365 g/mol. The van der Waals surface area contributed by atoms with Crippen molar-refractivity contribution < 1.29 is 18.7 Å². The summed E-state index contributed by atoms with van der Waals surface area (Å²) >= 11 is 0. The predicted molar refractivity (Wildman–Crippen MR) is 97.1 cm³/mol. The van der Waals surface area contributed by atoms with E-state index < -0.39 is 16.8 Å². The third-order valence-corrected chi connectivity index (χ3v) is 5.25. The average Bonchev–Trinajstić information content (AvgIpc) is 2.60. The number of benzene rings is 1. The van der Waals surface area contributed by atoms with Gasteiger partial charge in [0.1, 0.15) is 11.4 Å². The highest BCUT2D eigenvalue weighted by molar-refractivity contribution is 5.94. The summed E-state index contributed by atoms with van der Waals surface area (Å²) in [6.07, 6.45) is 1.03. The Kier molecular flexibility index (Phi) is 6.36. The van der Waals surface area contributed by atoms with Crippen LogP contribution in [0.2, 0.25) is 0 Å². The molecule has 1 fully saturated rings. The highest BCUT2D eigenvalue weighted by Gasteiger charge is 2.62. The number of hydrogen-bond donors (Lipinski definition) is 3. The Hall–Kier alpha value is -1.99. The standard InChI is InChI=1S/C19H28FN3O3/c1-4-26-15-12-19(21,18(15,2)3)17(25)23-10-6-9-22-16(24)13-7-5-8-14(20)11-13/h5,7-8,11,15H,4,6,9-10,12,21H2,1-3H3,(H,22,24)(H,23,25). The minimum Gasteiger partial charge on any atom is -0.378 e. The number of ether oxygens (including phenoxy) is 1. The van der Waals surface area contributed by atoms with Gasteiger partial charge in [-0.05, 0) is 31.5 Å². The fourth-order valence-electron chi connectivity index (χ4n) is 3.20. The fourth-order valence-corrected chi connectivity index (χ4v) is 3.20. The molecule has 4 N–H and O–H groups in total. The predicted octanol–water partition coefficient (Wildman–Crippen LogP) is 1.59. The second kappa shape index (κ2) is 8.14. The van der Waals surface area contributed by atoms with Gasteiger partial charge in [-0.15, -0.1) is 0 Å². The van der Waals surface area contributed by atoms with Crippen LogP contribution in [0.5, 0.6) is 0 Å². The van der Waals surface area contributed by atoms with Crippen LogP contribution in [0.4, 0.5) is 4.39 Å². The molecule has 26 heavy (non-hydrogen) atoms. The van der Waals surface area contributed by atoms with Crippen LogP contribution in [0, 0.1) is 11.2 Å². The fraction of sp³-hybridized carbons (Fsp3) is 0.579. The molecule has 7 heteroatoms. The first-order chi connectivity index (χ1) is 12.2. The first-order valence-corrected chi connectivity index (χ1v) is 8.95. The van der Waals surface area contributed by atoms with Crippen molar-refractivity contribution in [1.29, 1.82) is 0 Å². The molecule has 0 bridgehead atoms. The number of carbonyl (C=O) groups is 2. The van der Waals surface area contributed by atoms with Gasteiger partial charge in [0.25, 0.3) is 5.91 Å². The molecule has 2 unspecified atom stereocenters. The van der Waals surface area contributed by atoms with Crippen LogP contribution in [-0.4, -0.2) is 43.2 Å². The number of carbonyl (C=O) groups excluding carboxylic acids is 2. The molecule has 0 aliphatic heterocycles. The summed E-state index contributed by atoms with van der Waals surface area (Å²) in [6, 6.07) is 5.50. The molecule has 1 saturated carbocycles. The van der Waals surface area contributed by atoms with Gasteiger partial charge in [0.05, 0.1) is 6.10 Å². The van der Waals surface area contributed by atoms with Crippen LogP contribution in [0.3, 0.4) is 0 Å². The molecule has 1 aromatic carbocycles. The van der Waals surface area contributed by atoms with E-state index in [9.17, 15) is 14.0 Å². The second-order valence-corrected chi connectivity index (χ2v) is 7.22. The zero-order chi connectivity index (χ0) is 19.4. The van der Waals surface area contributed by atoms with Crippen LogP contribution < -0.4 is 16.4 Å². The molecule has 1 aliphatic rings. The quantitative estimate of drug-likeness (QED) is 0.610. The zero-order valence-corrected chi connectivity index (χ0v) is 15.6. The monoisotopic (exact) mass is 365 g/mol. The molecule has 0 saturated heterocycles. The summed E-state index contributed by atoms with van der Waals surface area (Å²) in [5.74, 6) is -0.993. The van der Waals surface area contributed by atoms with Crippen molar-refractivity contribution in [3.8, 4) is 0 Å². The van der Waals surface area contributed by atoms with E-state index >= 15 is 0 Å². The van der Waals surface area contributed by atoms with Crippen molar-refractivity contribution in [3.63, 3.8) is 0 Å². The Morgan fingerprint density at radius 1 is 1.31 bits per heavy atom. The number of nitrogens with one attached hydrogen (secondary N) is 2. The Morgan fingerprint density at radius 3 is 2.62 bits per heavy atom. The third kappa shape index (κ3) is 4.04. The van der Waals surface area contributed by atoms with Crippen molar-refractivity contribution in [3.05, 3.63) is 35.6 Å². The van der Waals surface area contributed by atoms with Gasteiger partial charge in [-0.3, -0.25) is 9.59 Å². The summed E-state index contributed by atoms with van der Waals surface area (Å²) in [5.41, 5.74) is 5.19. The topological polar surface area (TPSA) is 93.4 Å². The summed E-state index contributed by atoms with van der Waals surface area (Å²) in [7, 11) is 0. The first-order valence-electron chi connectivity index (χ1n) is 8.95. The van der Waals surface area contributed by atoms with Crippen LogP contribution >= 0.6 is 0 Å². The summed E-state index contributed by atoms with van der Waals surface area (Å²) in [4.78, 5) is 24.3. The number of nitrogens with two attached hydrogens (primary N) is 1. The Morgan fingerprint density at radius 2 is 2.00 bits per heavy atom. The van der Waals surface area contributed by atoms with Gasteiger partial charge in [-0.25, -0.2) is 4.39 Å². The molecule has 1 aliphatic carbocycles. The van der Waals surface area contributed by atoms with Gasteiger partial charge in [0.2, 0.25) is 5.91 Å².